The van der Waals surface area contributed by atoms with Gasteiger partial charge in [-0.3, -0.25) is 9.69 Å². The number of nitrogens with zero attached hydrogens (tertiary/aromatic N) is 4. The number of carbonyl (C=O) groups is 2. The molecule has 1 fully saturated rings. The second-order valence-electron chi connectivity index (χ2n) is 12.8. The van der Waals surface area contributed by atoms with Crippen LogP contribution in [-0.2, 0) is 16.0 Å². The zero-order valence-corrected chi connectivity index (χ0v) is 26.7. The Morgan fingerprint density at radius 2 is 1.88 bits per heavy atom. The molecule has 1 amide bonds. The van der Waals surface area contributed by atoms with E-state index >= 15 is 0 Å². The van der Waals surface area contributed by atoms with Gasteiger partial charge in [0.15, 0.2) is 0 Å². The average molecular weight is 579 g/mol. The molecule has 5 rings (SSSR count). The number of ether oxygens (including phenoxy) is 1. The summed E-state index contributed by atoms with van der Waals surface area (Å²) in [5.41, 5.74) is 4.88. The maximum Gasteiger partial charge on any atom is 0.254 e. The quantitative estimate of drug-likeness (QED) is 0.231. The summed E-state index contributed by atoms with van der Waals surface area (Å²) in [5.74, 6) is 1.64. The molecule has 3 heterocycles. The van der Waals surface area contributed by atoms with E-state index in [1.54, 1.807) is 0 Å². The highest BCUT2D eigenvalue weighted by Gasteiger charge is 2.35. The normalized spacial score (nSPS) is 21.6. The molecule has 1 aliphatic carbocycles. The molecule has 0 bridgehead atoms. The van der Waals surface area contributed by atoms with Crippen molar-refractivity contribution in [2.45, 2.75) is 76.7 Å². The van der Waals surface area contributed by atoms with Crippen LogP contribution in [0.3, 0.4) is 0 Å². The van der Waals surface area contributed by atoms with E-state index in [4.69, 9.17) is 4.74 Å². The second-order valence-corrected chi connectivity index (χ2v) is 12.8. The average Bonchev–Trinajstić information content (AvgIpc) is 3.70. The van der Waals surface area contributed by atoms with Crippen molar-refractivity contribution in [2.75, 3.05) is 73.6 Å². The SMILES string of the molecule is CCCCN(C)CCCCN(C)C.O=CCN1CC(c2ccc3c(c2)CCO3)CC1CCN1CC2=C(C=CCC2)C1=O. The summed E-state index contributed by atoms with van der Waals surface area (Å²) in [7, 11) is 6.51. The first-order valence-electron chi connectivity index (χ1n) is 16.3. The van der Waals surface area contributed by atoms with Gasteiger partial charge in [0.05, 0.1) is 13.2 Å². The van der Waals surface area contributed by atoms with Crippen LogP contribution in [0.25, 0.3) is 0 Å². The number of carbonyl (C=O) groups excluding carboxylic acids is 2. The molecule has 4 aliphatic rings. The van der Waals surface area contributed by atoms with Gasteiger partial charge in [-0.25, -0.2) is 0 Å². The van der Waals surface area contributed by atoms with Crippen LogP contribution < -0.4 is 4.74 Å². The van der Waals surface area contributed by atoms with Crippen molar-refractivity contribution in [2.24, 2.45) is 0 Å². The largest absolute Gasteiger partial charge is 0.493 e. The van der Waals surface area contributed by atoms with Crippen LogP contribution in [0, 0.1) is 0 Å². The topological polar surface area (TPSA) is 56.3 Å². The second kappa shape index (κ2) is 16.4. The molecule has 0 radical (unpaired) electrons. The van der Waals surface area contributed by atoms with E-state index in [-0.39, 0.29) is 5.91 Å². The minimum Gasteiger partial charge on any atom is -0.493 e. The minimum absolute atomic E-state index is 0.186. The molecule has 0 N–H and O–H groups in total. The van der Waals surface area contributed by atoms with Crippen LogP contribution in [0.2, 0.25) is 0 Å². The highest BCUT2D eigenvalue weighted by molar-refractivity contribution is 6.00. The van der Waals surface area contributed by atoms with E-state index in [0.29, 0.717) is 18.5 Å². The first-order chi connectivity index (χ1) is 20.4. The molecule has 232 valence electrons. The van der Waals surface area contributed by atoms with E-state index in [1.807, 2.05) is 11.0 Å². The summed E-state index contributed by atoms with van der Waals surface area (Å²) in [4.78, 5) is 32.9. The lowest BCUT2D eigenvalue weighted by molar-refractivity contribution is -0.125. The first-order valence-corrected chi connectivity index (χ1v) is 16.3. The molecular formula is C35H54N4O3. The Kier molecular flexibility index (Phi) is 12.7. The van der Waals surface area contributed by atoms with E-state index in [2.05, 4.69) is 67.0 Å². The number of aldehydes is 1. The lowest BCUT2D eigenvalue weighted by atomic mass is 9.93. The van der Waals surface area contributed by atoms with Gasteiger partial charge in [0.25, 0.3) is 5.91 Å². The van der Waals surface area contributed by atoms with Gasteiger partial charge in [-0.1, -0.05) is 37.6 Å². The number of rotatable bonds is 14. The standard InChI is InChI=1S/C24H28N2O3.C11H26N2/c27-11-10-25-16-20(17-5-6-23-18(13-17)8-12-29-23)14-21(25)7-9-26-15-19-3-1-2-4-22(19)24(26)28;1-5-6-10-13(4)11-8-7-9-12(2)3/h2,4-6,11,13,20-21H,1,3,7-10,12,14-16H2;5-11H2,1-4H3. The number of unbranched alkanes of at least 4 members (excludes halogenated alkanes) is 2. The molecule has 0 spiro atoms. The van der Waals surface area contributed by atoms with Gasteiger partial charge < -0.3 is 24.2 Å². The third kappa shape index (κ3) is 9.01. The van der Waals surface area contributed by atoms with Crippen LogP contribution in [0.5, 0.6) is 5.75 Å². The summed E-state index contributed by atoms with van der Waals surface area (Å²) in [6, 6.07) is 6.92. The summed E-state index contributed by atoms with van der Waals surface area (Å²) in [6.07, 6.45) is 15.4. The number of hydrogen-bond donors (Lipinski definition) is 0. The number of fused-ring (bicyclic) bond motifs is 1. The van der Waals surface area contributed by atoms with Crippen LogP contribution in [0.15, 0.2) is 41.5 Å². The monoisotopic (exact) mass is 578 g/mol. The number of benzene rings is 1. The lowest BCUT2D eigenvalue weighted by Gasteiger charge is -2.25. The van der Waals surface area contributed by atoms with Crippen LogP contribution in [-0.4, -0.2) is 111 Å². The lowest BCUT2D eigenvalue weighted by Crippen LogP contribution is -2.36. The van der Waals surface area contributed by atoms with Crippen molar-refractivity contribution in [3.05, 3.63) is 52.6 Å². The maximum atomic E-state index is 12.7. The van der Waals surface area contributed by atoms with Crippen molar-refractivity contribution in [3.8, 4) is 5.75 Å². The molecule has 0 aromatic heterocycles. The van der Waals surface area contributed by atoms with Gasteiger partial charge in [-0.15, -0.1) is 0 Å². The fourth-order valence-electron chi connectivity index (χ4n) is 6.71. The number of likely N-dealkylation sites (tertiary alicyclic amines) is 1. The van der Waals surface area contributed by atoms with E-state index in [0.717, 1.165) is 76.0 Å². The highest BCUT2D eigenvalue weighted by Crippen LogP contribution is 2.37. The van der Waals surface area contributed by atoms with Crippen molar-refractivity contribution in [3.63, 3.8) is 0 Å². The van der Waals surface area contributed by atoms with E-state index in [1.165, 1.54) is 62.0 Å². The molecule has 3 aliphatic heterocycles. The number of allylic oxidation sites excluding steroid dienone is 1. The third-order valence-electron chi connectivity index (χ3n) is 9.22. The molecule has 7 nitrogen and oxygen atoms in total. The van der Waals surface area contributed by atoms with Crippen LogP contribution in [0.4, 0.5) is 0 Å². The van der Waals surface area contributed by atoms with Crippen LogP contribution in [0.1, 0.15) is 75.3 Å². The molecule has 7 heteroatoms. The third-order valence-corrected chi connectivity index (χ3v) is 9.22. The number of amides is 1. The van der Waals surface area contributed by atoms with Crippen LogP contribution >= 0.6 is 0 Å². The molecule has 42 heavy (non-hydrogen) atoms. The molecule has 2 unspecified atom stereocenters. The fourth-order valence-corrected chi connectivity index (χ4v) is 6.71. The zero-order valence-electron chi connectivity index (χ0n) is 26.7. The van der Waals surface area contributed by atoms with Crippen molar-refractivity contribution in [1.29, 1.82) is 0 Å². The Hall–Kier alpha value is -2.48. The van der Waals surface area contributed by atoms with E-state index < -0.39 is 0 Å². The minimum atomic E-state index is 0.186. The molecule has 1 aromatic carbocycles. The van der Waals surface area contributed by atoms with Gasteiger partial charge >= 0.3 is 0 Å². The molecule has 2 atom stereocenters. The fraction of sp³-hybridized carbons (Fsp3) is 0.657. The summed E-state index contributed by atoms with van der Waals surface area (Å²) in [6.45, 7) is 9.71. The maximum absolute atomic E-state index is 12.7. The predicted molar refractivity (Wildman–Crippen MR) is 171 cm³/mol. The van der Waals surface area contributed by atoms with E-state index in [9.17, 15) is 9.59 Å². The Labute approximate surface area is 254 Å². The zero-order chi connectivity index (χ0) is 29.9. The summed E-state index contributed by atoms with van der Waals surface area (Å²) in [5, 5.41) is 0. The molecular weight excluding hydrogens is 524 g/mol. The Morgan fingerprint density at radius 1 is 1.07 bits per heavy atom. The molecule has 1 aromatic rings. The van der Waals surface area contributed by atoms with Crippen molar-refractivity contribution >= 4 is 12.2 Å². The summed E-state index contributed by atoms with van der Waals surface area (Å²) < 4.78 is 5.64. The van der Waals surface area contributed by atoms with Gasteiger partial charge in [-0.2, -0.15) is 0 Å². The Morgan fingerprint density at radius 3 is 2.64 bits per heavy atom. The predicted octanol–water partition coefficient (Wildman–Crippen LogP) is 4.92. The van der Waals surface area contributed by atoms with Gasteiger partial charge in [-0.05, 0) is 114 Å². The Balaban J connectivity index is 0.000000266. The van der Waals surface area contributed by atoms with Gasteiger partial charge in [0.2, 0.25) is 0 Å². The van der Waals surface area contributed by atoms with Gasteiger partial charge in [0, 0.05) is 37.7 Å². The van der Waals surface area contributed by atoms with Crippen molar-refractivity contribution < 1.29 is 14.3 Å². The summed E-state index contributed by atoms with van der Waals surface area (Å²) >= 11 is 0. The van der Waals surface area contributed by atoms with Crippen molar-refractivity contribution in [1.82, 2.24) is 19.6 Å². The van der Waals surface area contributed by atoms with Gasteiger partial charge in [0.1, 0.15) is 12.0 Å². The highest BCUT2D eigenvalue weighted by atomic mass is 16.5. The smallest absolute Gasteiger partial charge is 0.254 e. The first kappa shape index (κ1) is 32.4. The number of hydrogen-bond acceptors (Lipinski definition) is 6. The molecule has 1 saturated heterocycles. The molecule has 0 saturated carbocycles. The Bertz CT molecular complexity index is 1100.